The quantitative estimate of drug-likeness (QED) is 0.374. The normalized spacial score (nSPS) is 14.9. The van der Waals surface area contributed by atoms with E-state index in [1.165, 1.54) is 3.97 Å². The molecule has 4 aromatic rings. The second-order valence-corrected chi connectivity index (χ2v) is 11.2. The summed E-state index contributed by atoms with van der Waals surface area (Å²) < 4.78 is 35.9. The van der Waals surface area contributed by atoms with Crippen LogP contribution in [0.5, 0.6) is 0 Å². The molecular formula is C27H31N5O3S. The minimum Gasteiger partial charge on any atom is -0.379 e. The number of rotatable bonds is 7. The zero-order chi connectivity index (χ0) is 25.3. The molecule has 1 saturated heterocycles. The van der Waals surface area contributed by atoms with Crippen molar-refractivity contribution in [1.29, 1.82) is 0 Å². The zero-order valence-corrected chi connectivity index (χ0v) is 21.7. The topological polar surface area (TPSA) is 82.2 Å². The summed E-state index contributed by atoms with van der Waals surface area (Å²) in [5, 5.41) is 5.52. The van der Waals surface area contributed by atoms with E-state index in [1.807, 2.05) is 43.8 Å². The van der Waals surface area contributed by atoms with Gasteiger partial charge >= 0.3 is 0 Å². The first-order chi connectivity index (χ1) is 17.3. The second kappa shape index (κ2) is 10.0. The highest BCUT2D eigenvalue weighted by Gasteiger charge is 2.24. The number of aromatic nitrogens is 4. The highest BCUT2D eigenvalue weighted by molar-refractivity contribution is 7.90. The number of hydrogen-bond acceptors (Lipinski definition) is 6. The van der Waals surface area contributed by atoms with Crippen molar-refractivity contribution in [2.24, 2.45) is 0 Å². The number of fused-ring (bicyclic) bond motifs is 1. The van der Waals surface area contributed by atoms with Crippen LogP contribution in [0.15, 0.2) is 65.5 Å². The summed E-state index contributed by atoms with van der Waals surface area (Å²) >= 11 is 0. The Bertz CT molecular complexity index is 1510. The highest BCUT2D eigenvalue weighted by atomic mass is 32.2. The van der Waals surface area contributed by atoms with Crippen LogP contribution in [0.3, 0.4) is 0 Å². The Hall–Kier alpha value is -3.27. The molecule has 1 aliphatic heterocycles. The third-order valence-corrected chi connectivity index (χ3v) is 8.04. The Labute approximate surface area is 211 Å². The molecule has 1 aliphatic rings. The van der Waals surface area contributed by atoms with Crippen LogP contribution in [0.2, 0.25) is 0 Å². The highest BCUT2D eigenvalue weighted by Crippen LogP contribution is 2.34. The molecule has 0 N–H and O–H groups in total. The number of hydrogen-bond donors (Lipinski definition) is 0. The van der Waals surface area contributed by atoms with Gasteiger partial charge in [0.1, 0.15) is 0 Å². The molecular weight excluding hydrogens is 474 g/mol. The maximum atomic E-state index is 13.6. The molecule has 3 aromatic heterocycles. The van der Waals surface area contributed by atoms with Gasteiger partial charge in [0.15, 0.2) is 5.65 Å². The van der Waals surface area contributed by atoms with Crippen LogP contribution in [-0.2, 0) is 21.3 Å². The average molecular weight is 506 g/mol. The number of nitrogens with zero attached hydrogens (tertiary/aromatic N) is 5. The third-order valence-electron chi connectivity index (χ3n) is 6.37. The van der Waals surface area contributed by atoms with Crippen molar-refractivity contribution < 1.29 is 13.2 Å². The summed E-state index contributed by atoms with van der Waals surface area (Å²) in [6.07, 6.45) is 7.45. The number of morpholine rings is 1. The van der Waals surface area contributed by atoms with E-state index < -0.39 is 10.0 Å². The van der Waals surface area contributed by atoms with Crippen molar-refractivity contribution in [2.45, 2.75) is 32.2 Å². The van der Waals surface area contributed by atoms with E-state index >= 15 is 0 Å². The summed E-state index contributed by atoms with van der Waals surface area (Å²) in [6.45, 7) is 11.0. The van der Waals surface area contributed by atoms with Gasteiger partial charge in [-0.1, -0.05) is 29.8 Å². The molecule has 0 aliphatic carbocycles. The Balaban J connectivity index is 1.59. The Kier molecular flexibility index (Phi) is 6.79. The monoisotopic (exact) mass is 505 g/mol. The summed E-state index contributed by atoms with van der Waals surface area (Å²) in [5.41, 5.74) is 5.02. The van der Waals surface area contributed by atoms with Gasteiger partial charge in [-0.3, -0.25) is 9.58 Å². The van der Waals surface area contributed by atoms with Crippen molar-refractivity contribution in [3.8, 4) is 11.1 Å². The molecule has 0 atom stereocenters. The Morgan fingerprint density at radius 1 is 1.06 bits per heavy atom. The molecule has 1 aromatic carbocycles. The SMILES string of the molecule is CC(C)=Cc1cnc2c(c1)c(-c1cn(CCN3CCOCC3)nc1C)cn2S(=O)(=O)c1ccccc1. The first-order valence-electron chi connectivity index (χ1n) is 12.1. The van der Waals surface area contributed by atoms with Crippen LogP contribution in [-0.4, -0.2) is 64.9 Å². The smallest absolute Gasteiger partial charge is 0.269 e. The molecule has 0 spiro atoms. The molecule has 0 bridgehead atoms. The average Bonchev–Trinajstić information content (AvgIpc) is 3.43. The minimum atomic E-state index is -3.83. The predicted molar refractivity (Wildman–Crippen MR) is 141 cm³/mol. The number of aryl methyl sites for hydroxylation is 1. The van der Waals surface area contributed by atoms with E-state index in [-0.39, 0.29) is 4.90 Å². The van der Waals surface area contributed by atoms with Crippen molar-refractivity contribution in [1.82, 2.24) is 23.6 Å². The lowest BCUT2D eigenvalue weighted by Gasteiger charge is -2.26. The Morgan fingerprint density at radius 3 is 2.53 bits per heavy atom. The zero-order valence-electron chi connectivity index (χ0n) is 20.9. The standard InChI is InChI=1S/C27H31N5O3S/c1-20(2)15-22-16-24-26(25-18-31(29-21(25)3)10-9-30-11-13-35-14-12-30)19-32(27(24)28-17-22)36(33,34)23-7-5-4-6-8-23/h4-8,15-19H,9-14H2,1-3H3. The van der Waals surface area contributed by atoms with E-state index in [2.05, 4.69) is 9.88 Å². The fourth-order valence-electron chi connectivity index (χ4n) is 4.58. The van der Waals surface area contributed by atoms with Gasteiger partial charge in [-0.2, -0.15) is 5.10 Å². The Morgan fingerprint density at radius 2 is 1.81 bits per heavy atom. The second-order valence-electron chi connectivity index (χ2n) is 9.36. The lowest BCUT2D eigenvalue weighted by molar-refractivity contribution is 0.0359. The van der Waals surface area contributed by atoms with Crippen molar-refractivity contribution in [2.75, 3.05) is 32.8 Å². The van der Waals surface area contributed by atoms with Crippen LogP contribution in [0.4, 0.5) is 0 Å². The molecule has 9 heteroatoms. The van der Waals surface area contributed by atoms with Crippen LogP contribution < -0.4 is 0 Å². The van der Waals surface area contributed by atoms with Gasteiger partial charge < -0.3 is 4.74 Å². The molecule has 4 heterocycles. The van der Waals surface area contributed by atoms with Crippen molar-refractivity contribution in [3.05, 3.63) is 71.8 Å². The van der Waals surface area contributed by atoms with E-state index in [9.17, 15) is 8.42 Å². The van der Waals surface area contributed by atoms with Gasteiger partial charge in [0.25, 0.3) is 10.0 Å². The number of pyridine rings is 1. The van der Waals surface area contributed by atoms with Gasteiger partial charge in [-0.25, -0.2) is 17.4 Å². The molecule has 8 nitrogen and oxygen atoms in total. The maximum absolute atomic E-state index is 13.6. The lowest BCUT2D eigenvalue weighted by atomic mass is 10.1. The minimum absolute atomic E-state index is 0.224. The molecule has 5 rings (SSSR count). The largest absolute Gasteiger partial charge is 0.379 e. The van der Waals surface area contributed by atoms with Gasteiger partial charge in [0.05, 0.1) is 30.3 Å². The summed E-state index contributed by atoms with van der Waals surface area (Å²) in [7, 11) is -3.83. The van der Waals surface area contributed by atoms with E-state index in [0.717, 1.165) is 72.7 Å². The van der Waals surface area contributed by atoms with Gasteiger partial charge in [-0.05, 0) is 44.5 Å². The number of allylic oxidation sites excluding steroid dienone is 1. The van der Waals surface area contributed by atoms with E-state index in [1.54, 1.807) is 42.7 Å². The summed E-state index contributed by atoms with van der Waals surface area (Å²) in [4.78, 5) is 7.19. The van der Waals surface area contributed by atoms with Crippen LogP contribution in [0.1, 0.15) is 25.1 Å². The fraction of sp³-hybridized carbons (Fsp3) is 0.333. The molecule has 36 heavy (non-hydrogen) atoms. The number of ether oxygens (including phenoxy) is 1. The molecule has 0 amide bonds. The molecule has 0 radical (unpaired) electrons. The summed E-state index contributed by atoms with van der Waals surface area (Å²) in [5.74, 6) is 0. The fourth-order valence-corrected chi connectivity index (χ4v) is 5.92. The van der Waals surface area contributed by atoms with Crippen LogP contribution >= 0.6 is 0 Å². The van der Waals surface area contributed by atoms with Gasteiger partial charge in [-0.15, -0.1) is 0 Å². The van der Waals surface area contributed by atoms with Gasteiger partial charge in [0, 0.05) is 54.7 Å². The van der Waals surface area contributed by atoms with E-state index in [0.29, 0.717) is 5.65 Å². The maximum Gasteiger partial charge on any atom is 0.269 e. The van der Waals surface area contributed by atoms with E-state index in [4.69, 9.17) is 9.84 Å². The van der Waals surface area contributed by atoms with Crippen molar-refractivity contribution in [3.63, 3.8) is 0 Å². The van der Waals surface area contributed by atoms with Crippen molar-refractivity contribution >= 4 is 27.1 Å². The van der Waals surface area contributed by atoms with Crippen LogP contribution in [0.25, 0.3) is 28.2 Å². The molecule has 1 fully saturated rings. The van der Waals surface area contributed by atoms with Gasteiger partial charge in [0.2, 0.25) is 0 Å². The predicted octanol–water partition coefficient (Wildman–Crippen LogP) is 4.20. The van der Waals surface area contributed by atoms with Crippen LogP contribution in [0, 0.1) is 6.92 Å². The summed E-state index contributed by atoms with van der Waals surface area (Å²) in [6, 6.07) is 10.5. The molecule has 0 unspecified atom stereocenters. The molecule has 0 saturated carbocycles. The lowest BCUT2D eigenvalue weighted by Crippen LogP contribution is -2.38. The first kappa shape index (κ1) is 24.4. The third kappa shape index (κ3) is 4.86. The molecule has 188 valence electrons. The first-order valence-corrected chi connectivity index (χ1v) is 13.6. The number of benzene rings is 1.